The summed E-state index contributed by atoms with van der Waals surface area (Å²) in [5.41, 5.74) is 2.08. The van der Waals surface area contributed by atoms with Crippen molar-refractivity contribution in [3.05, 3.63) is 98.3 Å². The fourth-order valence-electron chi connectivity index (χ4n) is 4.03. The molecule has 46 heavy (non-hydrogen) atoms. The molecule has 0 radical (unpaired) electrons. The highest BCUT2D eigenvalue weighted by Crippen LogP contribution is 2.34. The van der Waals surface area contributed by atoms with Gasteiger partial charge in [0.15, 0.2) is 23.1 Å². The Kier molecular flexibility index (Phi) is 16.0. The normalized spacial score (nSPS) is 11.2. The van der Waals surface area contributed by atoms with Crippen LogP contribution < -0.4 is 20.3 Å². The van der Waals surface area contributed by atoms with Crippen LogP contribution in [0.1, 0.15) is 57.9 Å². The molecule has 0 saturated carbocycles. The number of hydrogen-bond acceptors (Lipinski definition) is 6. The van der Waals surface area contributed by atoms with Gasteiger partial charge in [-0.05, 0) is 55.9 Å². The molecule has 2 aromatic heterocycles. The van der Waals surface area contributed by atoms with Crippen LogP contribution in [0.15, 0.2) is 60.9 Å². The van der Waals surface area contributed by atoms with E-state index in [1.165, 1.54) is 37.5 Å². The van der Waals surface area contributed by atoms with E-state index in [4.69, 9.17) is 32.7 Å². The number of pyridine rings is 2. The van der Waals surface area contributed by atoms with E-state index in [1.807, 2.05) is 6.92 Å². The van der Waals surface area contributed by atoms with Gasteiger partial charge in [0.1, 0.15) is 21.5 Å². The lowest BCUT2D eigenvalue weighted by Crippen LogP contribution is -2.05. The van der Waals surface area contributed by atoms with Crippen molar-refractivity contribution >= 4 is 56.9 Å². The molecule has 246 valence electrons. The standard InChI is InChI=1S/C17H20ClFNOP.C16H17ClFN2O3P/c1-3-4-5-10-22-17-16(18)15(8-9-20-17)21-14-7-6-12(2)11-13(14)19;1-2-3-4-9-24-16-15(17)14(7-8-19-16)23-13-6-5-11(20(21)22)10-12(13)18/h6-9,11,22H,3-5,10H2,1-2H3;5-8,10,24H,2-4,9H2,1H3. The molecule has 0 N–H and O–H groups in total. The van der Waals surface area contributed by atoms with Crippen LogP contribution in [0.3, 0.4) is 0 Å². The van der Waals surface area contributed by atoms with Crippen molar-refractivity contribution in [1.82, 2.24) is 9.97 Å². The highest BCUT2D eigenvalue weighted by Gasteiger charge is 2.16. The van der Waals surface area contributed by atoms with Gasteiger partial charge < -0.3 is 9.47 Å². The number of ether oxygens (including phenoxy) is 2. The molecule has 2 heterocycles. The Hall–Kier alpha value is -2.96. The van der Waals surface area contributed by atoms with E-state index in [2.05, 4.69) is 23.8 Å². The molecule has 2 aromatic carbocycles. The van der Waals surface area contributed by atoms with Crippen molar-refractivity contribution in [3.63, 3.8) is 0 Å². The van der Waals surface area contributed by atoms with Gasteiger partial charge in [0.25, 0.3) is 5.69 Å². The van der Waals surface area contributed by atoms with E-state index in [9.17, 15) is 18.9 Å². The minimum absolute atomic E-state index is 0.117. The molecule has 7 nitrogen and oxygen atoms in total. The Balaban J connectivity index is 0.000000251. The van der Waals surface area contributed by atoms with Crippen molar-refractivity contribution in [3.8, 4) is 23.0 Å². The maximum atomic E-state index is 13.9. The van der Waals surface area contributed by atoms with Gasteiger partial charge in [-0.25, -0.2) is 8.78 Å². The Labute approximate surface area is 282 Å². The van der Waals surface area contributed by atoms with Gasteiger partial charge >= 0.3 is 0 Å². The lowest BCUT2D eigenvalue weighted by Gasteiger charge is -2.11. The Bertz CT molecular complexity index is 1600. The zero-order chi connectivity index (χ0) is 33.5. The first-order valence-corrected chi connectivity index (χ1v) is 18.1. The fraction of sp³-hybridized carbons (Fsp3) is 0.333. The quantitative estimate of drug-likeness (QED) is 0.0528. The molecule has 0 aliphatic rings. The average Bonchev–Trinajstić information content (AvgIpc) is 3.03. The molecule has 0 spiro atoms. The monoisotopic (exact) mass is 709 g/mol. The highest BCUT2D eigenvalue weighted by molar-refractivity contribution is 7.47. The maximum absolute atomic E-state index is 13.9. The molecule has 2 atom stereocenters. The van der Waals surface area contributed by atoms with Gasteiger partial charge in [-0.3, -0.25) is 20.1 Å². The van der Waals surface area contributed by atoms with Crippen molar-refractivity contribution in [1.29, 1.82) is 0 Å². The van der Waals surface area contributed by atoms with Gasteiger partial charge in [-0.1, -0.05) is 86.0 Å². The van der Waals surface area contributed by atoms with Gasteiger partial charge in [-0.15, -0.1) is 0 Å². The maximum Gasteiger partial charge on any atom is 0.272 e. The van der Waals surface area contributed by atoms with E-state index < -0.39 is 10.7 Å². The van der Waals surface area contributed by atoms with Crippen LogP contribution >= 0.6 is 40.4 Å². The molecule has 0 saturated heterocycles. The van der Waals surface area contributed by atoms with Crippen molar-refractivity contribution < 1.29 is 23.2 Å². The summed E-state index contributed by atoms with van der Waals surface area (Å²) in [6, 6.07) is 11.3. The third kappa shape index (κ3) is 11.7. The van der Waals surface area contributed by atoms with Crippen LogP contribution in [0.2, 0.25) is 10.0 Å². The van der Waals surface area contributed by atoms with Crippen molar-refractivity contribution in [2.45, 2.75) is 59.3 Å². The number of aryl methyl sites for hydroxylation is 1. The summed E-state index contributed by atoms with van der Waals surface area (Å²) in [4.78, 5) is 18.5. The third-order valence-electron chi connectivity index (χ3n) is 6.51. The molecule has 0 aliphatic heterocycles. The SMILES string of the molecule is CCCCCPc1nccc(Oc2ccc(C)cc2F)c1Cl.CCCCCPc1nccc(Oc2ccc([N+](=O)[O-])cc2F)c1Cl. The predicted octanol–water partition coefficient (Wildman–Crippen LogP) is 10.5. The first kappa shape index (κ1) is 37.5. The van der Waals surface area contributed by atoms with Crippen LogP contribution in [-0.2, 0) is 0 Å². The van der Waals surface area contributed by atoms with E-state index in [1.54, 1.807) is 36.7 Å². The van der Waals surface area contributed by atoms with Crippen LogP contribution in [0, 0.1) is 28.7 Å². The number of aromatic nitrogens is 2. The first-order chi connectivity index (χ1) is 22.1. The molecule has 0 aliphatic carbocycles. The second-order valence-corrected chi connectivity index (χ2v) is 13.6. The zero-order valence-electron chi connectivity index (χ0n) is 25.9. The average molecular weight is 711 g/mol. The summed E-state index contributed by atoms with van der Waals surface area (Å²) in [6.45, 7) is 6.16. The molecule has 4 aromatic rings. The Morgan fingerprint density at radius 2 is 1.22 bits per heavy atom. The highest BCUT2D eigenvalue weighted by atomic mass is 35.5. The number of nitro groups is 1. The summed E-state index contributed by atoms with van der Waals surface area (Å²) >= 11 is 12.6. The van der Waals surface area contributed by atoms with Crippen molar-refractivity contribution in [2.24, 2.45) is 0 Å². The van der Waals surface area contributed by atoms with Crippen LogP contribution in [0.5, 0.6) is 23.0 Å². The van der Waals surface area contributed by atoms with Crippen LogP contribution in [0.4, 0.5) is 14.5 Å². The number of unbranched alkanes of at least 4 members (excludes halogenated alkanes) is 4. The number of halogens is 4. The lowest BCUT2D eigenvalue weighted by molar-refractivity contribution is -0.385. The van der Waals surface area contributed by atoms with Gasteiger partial charge in [0, 0.05) is 30.6 Å². The fourth-order valence-corrected chi connectivity index (χ4v) is 6.95. The number of rotatable bonds is 15. The second-order valence-electron chi connectivity index (χ2n) is 10.2. The minimum atomic E-state index is -0.816. The minimum Gasteiger partial charge on any atom is -0.453 e. The molecular formula is C33H37Cl2F2N3O4P2. The molecule has 0 amide bonds. The summed E-state index contributed by atoms with van der Waals surface area (Å²) in [7, 11) is 1.00. The summed E-state index contributed by atoms with van der Waals surface area (Å²) in [5.74, 6) is -0.397. The smallest absolute Gasteiger partial charge is 0.272 e. The largest absolute Gasteiger partial charge is 0.453 e. The zero-order valence-corrected chi connectivity index (χ0v) is 29.4. The summed E-state index contributed by atoms with van der Waals surface area (Å²) < 4.78 is 38.9. The summed E-state index contributed by atoms with van der Waals surface area (Å²) in [5, 5.41) is 11.5. The second kappa shape index (κ2) is 19.6. The van der Waals surface area contributed by atoms with E-state index in [0.717, 1.165) is 54.1 Å². The topological polar surface area (TPSA) is 87.4 Å². The Morgan fingerprint density at radius 3 is 1.65 bits per heavy atom. The Morgan fingerprint density at radius 1 is 0.739 bits per heavy atom. The van der Waals surface area contributed by atoms with E-state index in [0.29, 0.717) is 33.0 Å². The van der Waals surface area contributed by atoms with Crippen LogP contribution in [0.25, 0.3) is 0 Å². The van der Waals surface area contributed by atoms with Gasteiger partial charge in [-0.2, -0.15) is 0 Å². The molecule has 2 unspecified atom stereocenters. The van der Waals surface area contributed by atoms with Crippen molar-refractivity contribution in [2.75, 3.05) is 12.3 Å². The summed E-state index contributed by atoms with van der Waals surface area (Å²) in [6.07, 6.45) is 12.3. The first-order valence-electron chi connectivity index (χ1n) is 15.0. The number of benzene rings is 2. The van der Waals surface area contributed by atoms with E-state index >= 15 is 0 Å². The van der Waals surface area contributed by atoms with E-state index in [-0.39, 0.29) is 28.8 Å². The number of nitrogens with zero attached hydrogens (tertiary/aromatic N) is 3. The number of hydrogen-bond donors (Lipinski definition) is 0. The van der Waals surface area contributed by atoms with Gasteiger partial charge in [0.2, 0.25) is 0 Å². The third-order valence-corrected chi connectivity index (χ3v) is 10.2. The molecule has 0 bridgehead atoms. The van der Waals surface area contributed by atoms with Gasteiger partial charge in [0.05, 0.1) is 21.9 Å². The molecule has 13 heteroatoms. The molecule has 0 fully saturated rings. The molecular weight excluding hydrogens is 673 g/mol. The number of non-ortho nitro benzene ring substituents is 1. The van der Waals surface area contributed by atoms with Crippen LogP contribution in [-0.4, -0.2) is 27.2 Å². The molecule has 4 rings (SSSR count). The predicted molar refractivity (Wildman–Crippen MR) is 188 cm³/mol. The number of nitro benzene ring substituents is 1. The lowest BCUT2D eigenvalue weighted by atomic mass is 10.2.